The van der Waals surface area contributed by atoms with E-state index in [-0.39, 0.29) is 29.6 Å². The topological polar surface area (TPSA) is 89.5 Å². The number of carbonyl (C=O) groups is 1. The van der Waals surface area contributed by atoms with Crippen molar-refractivity contribution in [1.29, 1.82) is 0 Å². The average molecular weight is 383 g/mol. The Labute approximate surface area is 164 Å². The number of carbonyl (C=O) groups excluding carboxylic acids is 1. The summed E-state index contributed by atoms with van der Waals surface area (Å²) < 4.78 is 11.0. The van der Waals surface area contributed by atoms with Gasteiger partial charge in [0, 0.05) is 38.8 Å². The lowest BCUT2D eigenvalue weighted by atomic mass is 9.77. The predicted molar refractivity (Wildman–Crippen MR) is 103 cm³/mol. The Morgan fingerprint density at radius 2 is 1.86 bits per heavy atom. The van der Waals surface area contributed by atoms with Gasteiger partial charge in [0.15, 0.2) is 5.69 Å². The van der Waals surface area contributed by atoms with E-state index < -0.39 is 0 Å². The van der Waals surface area contributed by atoms with E-state index in [0.29, 0.717) is 24.9 Å². The first-order chi connectivity index (χ1) is 13.7. The molecule has 1 saturated carbocycles. The first-order valence-electron chi connectivity index (χ1n) is 9.54. The second-order valence-corrected chi connectivity index (χ2v) is 7.36. The summed E-state index contributed by atoms with van der Waals surface area (Å²) in [5.41, 5.74) is 0.273. The first kappa shape index (κ1) is 18.6. The van der Waals surface area contributed by atoms with Gasteiger partial charge < -0.3 is 19.7 Å². The zero-order valence-corrected chi connectivity index (χ0v) is 16.1. The van der Waals surface area contributed by atoms with E-state index in [1.807, 2.05) is 23.1 Å². The van der Waals surface area contributed by atoms with E-state index in [2.05, 4.69) is 20.3 Å². The van der Waals surface area contributed by atoms with Crippen LogP contribution in [0.15, 0.2) is 36.8 Å². The van der Waals surface area contributed by atoms with E-state index >= 15 is 0 Å². The summed E-state index contributed by atoms with van der Waals surface area (Å²) in [6.07, 6.45) is 6.75. The molecular weight excluding hydrogens is 358 g/mol. The molecule has 2 fully saturated rings. The smallest absolute Gasteiger partial charge is 0.278 e. The summed E-state index contributed by atoms with van der Waals surface area (Å²) >= 11 is 0. The number of hydrogen-bond acceptors (Lipinski definition) is 7. The molecule has 1 aliphatic heterocycles. The number of hydrogen-bond donors (Lipinski definition) is 1. The minimum absolute atomic E-state index is 0.0874. The van der Waals surface area contributed by atoms with Crippen molar-refractivity contribution in [2.45, 2.75) is 25.0 Å². The fourth-order valence-electron chi connectivity index (χ4n) is 4.40. The minimum Gasteiger partial charge on any atom is -0.479 e. The van der Waals surface area contributed by atoms with Crippen molar-refractivity contribution in [2.75, 3.05) is 32.6 Å². The zero-order chi connectivity index (χ0) is 19.5. The molecule has 0 bridgehead atoms. The standard InChI is InChI=1S/C20H25N5O3/c1-27-16-10-14-12-25(20(26)18-19(28-2)23-8-7-22-18)11-13(14)9-15(16)24-17-5-3-4-6-21-17/h3-8,13-16H,9-12H2,1-2H3,(H,21,24)/t13-,14+,15-,16-/m1/s1. The third-order valence-corrected chi connectivity index (χ3v) is 5.77. The van der Waals surface area contributed by atoms with Gasteiger partial charge in [-0.15, -0.1) is 0 Å². The Bertz CT molecular complexity index is 818. The predicted octanol–water partition coefficient (Wildman–Crippen LogP) is 1.86. The number of ether oxygens (including phenoxy) is 2. The van der Waals surface area contributed by atoms with Gasteiger partial charge in [0.05, 0.1) is 19.3 Å². The number of pyridine rings is 1. The molecule has 8 heteroatoms. The number of likely N-dealkylation sites (tertiary alicyclic amines) is 1. The number of nitrogens with one attached hydrogen (secondary N) is 1. The summed E-state index contributed by atoms with van der Waals surface area (Å²) in [4.78, 5) is 27.5. The number of anilines is 1. The van der Waals surface area contributed by atoms with Gasteiger partial charge >= 0.3 is 0 Å². The highest BCUT2D eigenvalue weighted by Gasteiger charge is 2.44. The third kappa shape index (κ3) is 3.64. The molecule has 3 heterocycles. The lowest BCUT2D eigenvalue weighted by Gasteiger charge is -2.37. The van der Waals surface area contributed by atoms with Gasteiger partial charge in [-0.2, -0.15) is 0 Å². The summed E-state index contributed by atoms with van der Waals surface area (Å²) in [7, 11) is 3.25. The van der Waals surface area contributed by atoms with Gasteiger partial charge in [-0.25, -0.2) is 15.0 Å². The van der Waals surface area contributed by atoms with Crippen LogP contribution in [0.1, 0.15) is 23.3 Å². The van der Waals surface area contributed by atoms with Crippen molar-refractivity contribution in [3.63, 3.8) is 0 Å². The summed E-state index contributed by atoms with van der Waals surface area (Å²) in [6, 6.07) is 6.00. The second-order valence-electron chi connectivity index (χ2n) is 7.36. The molecule has 1 amide bonds. The summed E-state index contributed by atoms with van der Waals surface area (Å²) in [5, 5.41) is 3.51. The maximum atomic E-state index is 13.0. The van der Waals surface area contributed by atoms with Crippen LogP contribution in [-0.4, -0.2) is 65.2 Å². The van der Waals surface area contributed by atoms with Gasteiger partial charge in [0.1, 0.15) is 5.82 Å². The van der Waals surface area contributed by atoms with Crippen LogP contribution in [0.25, 0.3) is 0 Å². The molecule has 28 heavy (non-hydrogen) atoms. The van der Waals surface area contributed by atoms with E-state index in [1.165, 1.54) is 19.5 Å². The Morgan fingerprint density at radius 1 is 1.07 bits per heavy atom. The van der Waals surface area contributed by atoms with E-state index in [1.54, 1.807) is 13.3 Å². The number of amides is 1. The Kier molecular flexibility index (Phi) is 5.38. The van der Waals surface area contributed by atoms with E-state index in [0.717, 1.165) is 18.7 Å². The molecule has 4 rings (SSSR count). The molecule has 8 nitrogen and oxygen atoms in total. The Hall–Kier alpha value is -2.74. The molecule has 2 aliphatic rings. The van der Waals surface area contributed by atoms with Crippen LogP contribution < -0.4 is 10.1 Å². The Balaban J connectivity index is 1.47. The first-order valence-corrected chi connectivity index (χ1v) is 9.54. The van der Waals surface area contributed by atoms with Crippen LogP contribution in [0.5, 0.6) is 5.88 Å². The highest BCUT2D eigenvalue weighted by Crippen LogP contribution is 2.39. The molecule has 4 atom stereocenters. The highest BCUT2D eigenvalue weighted by atomic mass is 16.5. The van der Waals surface area contributed by atoms with Crippen LogP contribution in [0.4, 0.5) is 5.82 Å². The molecule has 2 aromatic rings. The fourth-order valence-corrected chi connectivity index (χ4v) is 4.40. The SMILES string of the molecule is COc1nccnc1C(=O)N1C[C@H]2C[C@@H](Nc3ccccn3)[C@H](OC)C[C@H]2C1. The largest absolute Gasteiger partial charge is 0.479 e. The fraction of sp³-hybridized carbons (Fsp3) is 0.500. The molecule has 0 unspecified atom stereocenters. The molecule has 2 aromatic heterocycles. The van der Waals surface area contributed by atoms with E-state index in [9.17, 15) is 4.79 Å². The van der Waals surface area contributed by atoms with Crippen LogP contribution in [0.3, 0.4) is 0 Å². The normalized spacial score (nSPS) is 26.6. The zero-order valence-electron chi connectivity index (χ0n) is 16.1. The van der Waals surface area contributed by atoms with Crippen molar-refractivity contribution in [3.05, 3.63) is 42.5 Å². The van der Waals surface area contributed by atoms with Crippen molar-refractivity contribution in [3.8, 4) is 5.88 Å². The van der Waals surface area contributed by atoms with Gasteiger partial charge in [-0.3, -0.25) is 4.79 Å². The number of fused-ring (bicyclic) bond motifs is 1. The lowest BCUT2D eigenvalue weighted by molar-refractivity contribution is 0.0304. The van der Waals surface area contributed by atoms with Crippen molar-refractivity contribution >= 4 is 11.7 Å². The third-order valence-electron chi connectivity index (χ3n) is 5.77. The molecule has 148 valence electrons. The number of aromatic nitrogens is 3. The Morgan fingerprint density at radius 3 is 2.57 bits per heavy atom. The quantitative estimate of drug-likeness (QED) is 0.843. The summed E-state index contributed by atoms with van der Waals surface area (Å²) in [6.45, 7) is 1.42. The van der Waals surface area contributed by atoms with Gasteiger partial charge in [0.2, 0.25) is 5.88 Å². The van der Waals surface area contributed by atoms with Crippen LogP contribution in [0, 0.1) is 11.8 Å². The molecule has 0 radical (unpaired) electrons. The molecule has 1 N–H and O–H groups in total. The van der Waals surface area contributed by atoms with Gasteiger partial charge in [0.25, 0.3) is 5.91 Å². The number of methoxy groups -OCH3 is 2. The number of nitrogens with zero attached hydrogens (tertiary/aromatic N) is 4. The monoisotopic (exact) mass is 383 g/mol. The maximum Gasteiger partial charge on any atom is 0.278 e. The van der Waals surface area contributed by atoms with Crippen LogP contribution in [-0.2, 0) is 4.74 Å². The molecule has 0 aromatic carbocycles. The second kappa shape index (κ2) is 8.10. The molecule has 1 aliphatic carbocycles. The highest BCUT2D eigenvalue weighted by molar-refractivity contribution is 5.94. The minimum atomic E-state index is -0.123. The van der Waals surface area contributed by atoms with Crippen molar-refractivity contribution in [2.24, 2.45) is 11.8 Å². The lowest BCUT2D eigenvalue weighted by Crippen LogP contribution is -2.44. The summed E-state index contributed by atoms with van der Waals surface area (Å²) in [5.74, 6) is 1.83. The van der Waals surface area contributed by atoms with Gasteiger partial charge in [-0.1, -0.05) is 6.07 Å². The van der Waals surface area contributed by atoms with Crippen molar-refractivity contribution < 1.29 is 14.3 Å². The molecule has 1 saturated heterocycles. The maximum absolute atomic E-state index is 13.0. The number of rotatable bonds is 5. The average Bonchev–Trinajstić information content (AvgIpc) is 3.16. The van der Waals surface area contributed by atoms with E-state index in [4.69, 9.17) is 9.47 Å². The van der Waals surface area contributed by atoms with Gasteiger partial charge in [-0.05, 0) is 36.8 Å². The molecule has 0 spiro atoms. The van der Waals surface area contributed by atoms with Crippen LogP contribution >= 0.6 is 0 Å². The molecular formula is C20H25N5O3. The van der Waals surface area contributed by atoms with Crippen molar-refractivity contribution in [1.82, 2.24) is 19.9 Å². The van der Waals surface area contributed by atoms with Crippen LogP contribution in [0.2, 0.25) is 0 Å².